The molecule has 10 nitrogen and oxygen atoms in total. The monoisotopic (exact) mass is 437 g/mol. The summed E-state index contributed by atoms with van der Waals surface area (Å²) in [6.07, 6.45) is 2.77. The van der Waals surface area contributed by atoms with E-state index in [-0.39, 0.29) is 6.04 Å². The molecule has 2 N–H and O–H groups in total. The molecule has 2 aromatic heterocycles. The number of guanidine groups is 1. The molecule has 170 valence electrons. The van der Waals surface area contributed by atoms with Crippen molar-refractivity contribution in [3.05, 3.63) is 53.1 Å². The van der Waals surface area contributed by atoms with Crippen LogP contribution < -0.4 is 15.4 Å². The number of ether oxygens (including phenoxy) is 1. The molecule has 0 spiro atoms. The third-order valence-corrected chi connectivity index (χ3v) is 5.73. The van der Waals surface area contributed by atoms with Crippen molar-refractivity contribution in [2.75, 3.05) is 13.7 Å². The van der Waals surface area contributed by atoms with E-state index in [1.165, 1.54) is 5.56 Å². The highest BCUT2D eigenvalue weighted by molar-refractivity contribution is 5.80. The number of aliphatic imine (C=N–C) groups is 1. The van der Waals surface area contributed by atoms with Crippen LogP contribution in [-0.2, 0) is 33.0 Å². The average molecular weight is 438 g/mol. The van der Waals surface area contributed by atoms with Gasteiger partial charge in [0, 0.05) is 26.1 Å². The summed E-state index contributed by atoms with van der Waals surface area (Å²) in [4.78, 5) is 9.29. The zero-order valence-corrected chi connectivity index (χ0v) is 19.2. The van der Waals surface area contributed by atoms with Gasteiger partial charge in [-0.3, -0.25) is 0 Å². The van der Waals surface area contributed by atoms with Crippen molar-refractivity contribution in [1.82, 2.24) is 40.2 Å². The zero-order chi connectivity index (χ0) is 22.5. The lowest BCUT2D eigenvalue weighted by molar-refractivity contribution is 0.392. The van der Waals surface area contributed by atoms with Crippen LogP contribution in [0.1, 0.15) is 35.3 Å². The van der Waals surface area contributed by atoms with Crippen molar-refractivity contribution >= 4 is 5.96 Å². The fraction of sp³-hybridized carbons (Fsp3) is 0.500. The van der Waals surface area contributed by atoms with Crippen molar-refractivity contribution in [2.45, 2.75) is 52.2 Å². The first-order chi connectivity index (χ1) is 15.5. The summed E-state index contributed by atoms with van der Waals surface area (Å²) in [5.41, 5.74) is 1.24. The van der Waals surface area contributed by atoms with E-state index in [1.807, 2.05) is 42.3 Å². The molecule has 1 aromatic carbocycles. The summed E-state index contributed by atoms with van der Waals surface area (Å²) in [5, 5.41) is 19.9. The Kier molecular flexibility index (Phi) is 6.67. The number of aromatic nitrogens is 6. The number of methoxy groups -OCH3 is 1. The Morgan fingerprint density at radius 1 is 1.22 bits per heavy atom. The third-order valence-electron chi connectivity index (χ3n) is 5.73. The Morgan fingerprint density at radius 3 is 2.75 bits per heavy atom. The molecule has 0 amide bonds. The molecule has 1 unspecified atom stereocenters. The number of nitrogens with zero attached hydrogens (tertiary/aromatic N) is 7. The third kappa shape index (κ3) is 5.24. The fourth-order valence-electron chi connectivity index (χ4n) is 3.75. The lowest BCUT2D eigenvalue weighted by Gasteiger charge is -2.25. The van der Waals surface area contributed by atoms with E-state index in [2.05, 4.69) is 43.0 Å². The normalized spacial score (nSPS) is 16.0. The van der Waals surface area contributed by atoms with Gasteiger partial charge in [-0.1, -0.05) is 12.1 Å². The first-order valence-electron chi connectivity index (χ1n) is 10.9. The quantitative estimate of drug-likeness (QED) is 0.424. The molecule has 0 aliphatic carbocycles. The molecule has 4 rings (SSSR count). The van der Waals surface area contributed by atoms with Crippen LogP contribution in [0.3, 0.4) is 0 Å². The molecule has 1 aliphatic heterocycles. The van der Waals surface area contributed by atoms with Crippen molar-refractivity contribution < 1.29 is 4.74 Å². The Bertz CT molecular complexity index is 1070. The van der Waals surface area contributed by atoms with Gasteiger partial charge < -0.3 is 19.9 Å². The molecule has 3 heterocycles. The molecule has 32 heavy (non-hydrogen) atoms. The lowest BCUT2D eigenvalue weighted by atomic mass is 10.1. The summed E-state index contributed by atoms with van der Waals surface area (Å²) >= 11 is 0. The van der Waals surface area contributed by atoms with Crippen LogP contribution in [0, 0.1) is 13.8 Å². The number of hydrogen-bond donors (Lipinski definition) is 2. The van der Waals surface area contributed by atoms with Crippen LogP contribution in [-0.4, -0.2) is 55.2 Å². The minimum atomic E-state index is 0.233. The smallest absolute Gasteiger partial charge is 0.192 e. The van der Waals surface area contributed by atoms with E-state index in [0.717, 1.165) is 67.4 Å². The number of rotatable bonds is 7. The van der Waals surface area contributed by atoms with Gasteiger partial charge in [0.05, 0.1) is 13.7 Å². The summed E-state index contributed by atoms with van der Waals surface area (Å²) in [7, 11) is 3.64. The summed E-state index contributed by atoms with van der Waals surface area (Å²) in [6, 6.07) is 8.38. The highest BCUT2D eigenvalue weighted by atomic mass is 16.5. The zero-order valence-electron chi connectivity index (χ0n) is 19.2. The second kappa shape index (κ2) is 9.80. The number of fused-ring (bicyclic) bond motifs is 1. The minimum Gasteiger partial charge on any atom is -0.497 e. The number of hydrogen-bond acceptors (Lipinski definition) is 6. The predicted molar refractivity (Wildman–Crippen MR) is 122 cm³/mol. The van der Waals surface area contributed by atoms with Crippen molar-refractivity contribution in [3.8, 4) is 5.75 Å². The van der Waals surface area contributed by atoms with Crippen LogP contribution >= 0.6 is 0 Å². The Balaban J connectivity index is 1.41. The van der Waals surface area contributed by atoms with E-state index in [0.29, 0.717) is 6.54 Å². The van der Waals surface area contributed by atoms with Crippen molar-refractivity contribution in [2.24, 2.45) is 12.0 Å². The standard InChI is InChI=1S/C22H31N9O/c1-15-25-20-10-7-18(14-31(20)29-15)26-22(24-13-21-28-27-16(2)30(21)3)23-12-11-17-5-8-19(32-4)9-6-17/h5-6,8-9,18H,7,10-14H2,1-4H3,(H2,23,24,26). The molecule has 0 radical (unpaired) electrons. The minimum absolute atomic E-state index is 0.233. The van der Waals surface area contributed by atoms with Gasteiger partial charge >= 0.3 is 0 Å². The second-order valence-corrected chi connectivity index (χ2v) is 8.05. The van der Waals surface area contributed by atoms with E-state index in [1.54, 1.807) is 7.11 Å². The van der Waals surface area contributed by atoms with Gasteiger partial charge in [0.15, 0.2) is 11.8 Å². The molecular formula is C22H31N9O. The number of benzene rings is 1. The summed E-state index contributed by atoms with van der Waals surface area (Å²) < 4.78 is 9.20. The largest absolute Gasteiger partial charge is 0.497 e. The Labute approximate surface area is 188 Å². The van der Waals surface area contributed by atoms with Gasteiger partial charge in [0.25, 0.3) is 0 Å². The maximum atomic E-state index is 5.24. The van der Waals surface area contributed by atoms with Crippen LogP contribution in [0.15, 0.2) is 29.3 Å². The molecule has 0 saturated carbocycles. The predicted octanol–water partition coefficient (Wildman–Crippen LogP) is 1.32. The van der Waals surface area contributed by atoms with Crippen LogP contribution in [0.2, 0.25) is 0 Å². The number of aryl methyl sites for hydroxylation is 3. The van der Waals surface area contributed by atoms with Crippen LogP contribution in [0.5, 0.6) is 5.75 Å². The van der Waals surface area contributed by atoms with Crippen molar-refractivity contribution in [3.63, 3.8) is 0 Å². The maximum absolute atomic E-state index is 5.24. The summed E-state index contributed by atoms with van der Waals surface area (Å²) in [6.45, 7) is 5.86. The molecule has 1 atom stereocenters. The van der Waals surface area contributed by atoms with E-state index in [4.69, 9.17) is 9.73 Å². The topological polar surface area (TPSA) is 107 Å². The van der Waals surface area contributed by atoms with Gasteiger partial charge in [-0.25, -0.2) is 14.7 Å². The lowest BCUT2D eigenvalue weighted by Crippen LogP contribution is -2.47. The fourth-order valence-corrected chi connectivity index (χ4v) is 3.75. The van der Waals surface area contributed by atoms with E-state index in [9.17, 15) is 0 Å². The highest BCUT2D eigenvalue weighted by Gasteiger charge is 2.21. The van der Waals surface area contributed by atoms with Gasteiger partial charge in [-0.2, -0.15) is 5.10 Å². The Morgan fingerprint density at radius 2 is 2.03 bits per heavy atom. The first-order valence-corrected chi connectivity index (χ1v) is 10.9. The number of nitrogens with one attached hydrogen (secondary N) is 2. The second-order valence-electron chi connectivity index (χ2n) is 8.05. The Hall–Kier alpha value is -3.43. The van der Waals surface area contributed by atoms with E-state index >= 15 is 0 Å². The van der Waals surface area contributed by atoms with Crippen LogP contribution in [0.4, 0.5) is 0 Å². The molecule has 3 aromatic rings. The average Bonchev–Trinajstić information content (AvgIpc) is 3.32. The maximum Gasteiger partial charge on any atom is 0.192 e. The van der Waals surface area contributed by atoms with Gasteiger partial charge in [-0.15, -0.1) is 10.2 Å². The van der Waals surface area contributed by atoms with Gasteiger partial charge in [0.1, 0.15) is 29.8 Å². The first kappa shape index (κ1) is 21.8. The SMILES string of the molecule is COc1ccc(CCNC(=NCc2nnc(C)n2C)NC2CCc3nc(C)nn3C2)cc1. The van der Waals surface area contributed by atoms with Gasteiger partial charge in [-0.05, 0) is 44.4 Å². The molecule has 10 heteroatoms. The van der Waals surface area contributed by atoms with Gasteiger partial charge in [0.2, 0.25) is 0 Å². The molecule has 1 aliphatic rings. The highest BCUT2D eigenvalue weighted by Crippen LogP contribution is 2.13. The van der Waals surface area contributed by atoms with Crippen LogP contribution in [0.25, 0.3) is 0 Å². The summed E-state index contributed by atoms with van der Waals surface area (Å²) in [5.74, 6) is 5.22. The van der Waals surface area contributed by atoms with Crippen molar-refractivity contribution in [1.29, 1.82) is 0 Å². The molecule has 0 saturated heterocycles. The molecule has 0 bridgehead atoms. The van der Waals surface area contributed by atoms with E-state index < -0.39 is 0 Å². The molecular weight excluding hydrogens is 406 g/mol. The molecule has 0 fully saturated rings.